The topological polar surface area (TPSA) is 73.6 Å². The van der Waals surface area contributed by atoms with Crippen molar-refractivity contribution in [3.05, 3.63) is 48.0 Å². The van der Waals surface area contributed by atoms with Crippen LogP contribution in [0.1, 0.15) is 17.3 Å². The molecule has 21 heavy (non-hydrogen) atoms. The molecule has 0 aliphatic heterocycles. The molecule has 5 nitrogen and oxygen atoms in total. The molecular weight excluding hydrogens is 268 g/mol. The molecule has 0 heterocycles. The molecule has 0 fully saturated rings. The highest BCUT2D eigenvalue weighted by Gasteiger charge is 2.12. The molecule has 0 amide bonds. The maximum absolute atomic E-state index is 11.8. The largest absolute Gasteiger partial charge is 0.495 e. The highest BCUT2D eigenvalue weighted by Crippen LogP contribution is 2.28. The van der Waals surface area contributed by atoms with Gasteiger partial charge in [0.2, 0.25) is 0 Å². The van der Waals surface area contributed by atoms with E-state index in [1.165, 1.54) is 0 Å². The van der Waals surface area contributed by atoms with Gasteiger partial charge in [-0.25, -0.2) is 4.79 Å². The van der Waals surface area contributed by atoms with E-state index in [0.29, 0.717) is 23.6 Å². The molecule has 0 saturated carbocycles. The molecule has 0 aliphatic carbocycles. The molecule has 110 valence electrons. The van der Waals surface area contributed by atoms with E-state index in [-0.39, 0.29) is 0 Å². The summed E-state index contributed by atoms with van der Waals surface area (Å²) in [4.78, 5) is 11.8. The minimum absolute atomic E-state index is 0.308. The second-order valence-electron chi connectivity index (χ2n) is 4.35. The van der Waals surface area contributed by atoms with Gasteiger partial charge in [-0.1, -0.05) is 12.1 Å². The Bertz CT molecular complexity index is 641. The molecule has 0 unspecified atom stereocenters. The van der Waals surface area contributed by atoms with Crippen LogP contribution in [0.5, 0.6) is 5.75 Å². The van der Waals surface area contributed by atoms with Crippen LogP contribution in [-0.2, 0) is 4.74 Å². The average Bonchev–Trinajstić information content (AvgIpc) is 2.50. The Hall–Kier alpha value is -2.69. The second kappa shape index (κ2) is 6.65. The Labute approximate surface area is 123 Å². The number of methoxy groups -OCH3 is 1. The van der Waals surface area contributed by atoms with E-state index in [4.69, 9.17) is 15.2 Å². The summed E-state index contributed by atoms with van der Waals surface area (Å²) in [6.45, 7) is 2.06. The van der Waals surface area contributed by atoms with Gasteiger partial charge in [-0.3, -0.25) is 0 Å². The van der Waals surface area contributed by atoms with Gasteiger partial charge in [0.05, 0.1) is 25.0 Å². The Balaban J connectivity index is 2.29. The van der Waals surface area contributed by atoms with Crippen molar-refractivity contribution in [2.75, 3.05) is 24.8 Å². The van der Waals surface area contributed by atoms with Crippen molar-refractivity contribution in [3.63, 3.8) is 0 Å². The number of benzene rings is 2. The van der Waals surface area contributed by atoms with Gasteiger partial charge in [0.1, 0.15) is 5.75 Å². The third-order valence-corrected chi connectivity index (χ3v) is 2.93. The van der Waals surface area contributed by atoms with Crippen LogP contribution in [0.3, 0.4) is 0 Å². The molecule has 5 heteroatoms. The lowest BCUT2D eigenvalue weighted by molar-refractivity contribution is 0.0527. The number of carbonyl (C=O) groups is 1. The van der Waals surface area contributed by atoms with E-state index in [1.807, 2.05) is 24.3 Å². The van der Waals surface area contributed by atoms with E-state index < -0.39 is 5.97 Å². The van der Waals surface area contributed by atoms with E-state index in [0.717, 1.165) is 11.4 Å². The van der Waals surface area contributed by atoms with Crippen LogP contribution in [0.25, 0.3) is 0 Å². The van der Waals surface area contributed by atoms with Crippen LogP contribution < -0.4 is 15.8 Å². The van der Waals surface area contributed by atoms with Crippen molar-refractivity contribution >= 4 is 23.0 Å². The number of carbonyl (C=O) groups excluding carboxylic acids is 1. The number of nitrogens with one attached hydrogen (secondary N) is 1. The summed E-state index contributed by atoms with van der Waals surface area (Å²) in [5.41, 5.74) is 8.09. The van der Waals surface area contributed by atoms with E-state index in [2.05, 4.69) is 5.32 Å². The molecule has 0 spiro atoms. The SMILES string of the molecule is CCOC(=O)c1cc(Nc2ccccc2OC)ccc1N. The van der Waals surface area contributed by atoms with Crippen molar-refractivity contribution in [1.82, 2.24) is 0 Å². The van der Waals surface area contributed by atoms with Gasteiger partial charge in [-0.15, -0.1) is 0 Å². The van der Waals surface area contributed by atoms with Crippen LogP contribution in [0.15, 0.2) is 42.5 Å². The average molecular weight is 286 g/mol. The summed E-state index contributed by atoms with van der Waals surface area (Å²) < 4.78 is 10.3. The lowest BCUT2D eigenvalue weighted by Gasteiger charge is -2.12. The third-order valence-electron chi connectivity index (χ3n) is 2.93. The van der Waals surface area contributed by atoms with Crippen LogP contribution in [-0.4, -0.2) is 19.7 Å². The molecular formula is C16H18N2O3. The Morgan fingerprint density at radius 3 is 2.71 bits per heavy atom. The minimum atomic E-state index is -0.432. The maximum Gasteiger partial charge on any atom is 0.340 e. The van der Waals surface area contributed by atoms with Gasteiger partial charge < -0.3 is 20.5 Å². The normalized spacial score (nSPS) is 10.0. The Morgan fingerprint density at radius 1 is 1.24 bits per heavy atom. The van der Waals surface area contributed by atoms with Crippen LogP contribution in [0.4, 0.5) is 17.1 Å². The number of nitrogens with two attached hydrogens (primary N) is 1. The van der Waals surface area contributed by atoms with Gasteiger partial charge in [0.15, 0.2) is 0 Å². The third kappa shape index (κ3) is 3.45. The van der Waals surface area contributed by atoms with Gasteiger partial charge in [0, 0.05) is 11.4 Å². The maximum atomic E-state index is 11.8. The number of hydrogen-bond donors (Lipinski definition) is 2. The van der Waals surface area contributed by atoms with Crippen molar-refractivity contribution in [2.45, 2.75) is 6.92 Å². The zero-order valence-electron chi connectivity index (χ0n) is 12.1. The molecule has 0 atom stereocenters. The van der Waals surface area contributed by atoms with Crippen molar-refractivity contribution in [3.8, 4) is 5.75 Å². The number of rotatable bonds is 5. The second-order valence-corrected chi connectivity index (χ2v) is 4.35. The number of esters is 1. The standard InChI is InChI=1S/C16H18N2O3/c1-3-21-16(19)12-10-11(8-9-13(12)17)18-14-6-4-5-7-15(14)20-2/h4-10,18H,3,17H2,1-2H3. The summed E-state index contributed by atoms with van der Waals surface area (Å²) in [6, 6.07) is 12.7. The summed E-state index contributed by atoms with van der Waals surface area (Å²) in [7, 11) is 1.60. The molecule has 0 saturated heterocycles. The Kier molecular flexibility index (Phi) is 4.66. The number of para-hydroxylation sites is 2. The summed E-state index contributed by atoms with van der Waals surface area (Å²) in [5.74, 6) is 0.283. The van der Waals surface area contributed by atoms with Crippen LogP contribution >= 0.6 is 0 Å². The van der Waals surface area contributed by atoms with Crippen molar-refractivity contribution < 1.29 is 14.3 Å². The fourth-order valence-electron chi connectivity index (χ4n) is 1.92. The quantitative estimate of drug-likeness (QED) is 0.652. The number of ether oxygens (including phenoxy) is 2. The van der Waals surface area contributed by atoms with E-state index in [9.17, 15) is 4.79 Å². The number of hydrogen-bond acceptors (Lipinski definition) is 5. The first kappa shape index (κ1) is 14.7. The number of nitrogen functional groups attached to an aromatic ring is 1. The lowest BCUT2D eigenvalue weighted by Crippen LogP contribution is -2.08. The van der Waals surface area contributed by atoms with Gasteiger partial charge in [0.25, 0.3) is 0 Å². The monoisotopic (exact) mass is 286 g/mol. The molecule has 3 N–H and O–H groups in total. The summed E-state index contributed by atoms with van der Waals surface area (Å²) >= 11 is 0. The van der Waals surface area contributed by atoms with Gasteiger partial charge in [-0.05, 0) is 37.3 Å². The van der Waals surface area contributed by atoms with E-state index in [1.54, 1.807) is 32.2 Å². The highest BCUT2D eigenvalue weighted by molar-refractivity contribution is 5.96. The van der Waals surface area contributed by atoms with E-state index >= 15 is 0 Å². The van der Waals surface area contributed by atoms with Crippen molar-refractivity contribution in [2.24, 2.45) is 0 Å². The molecule has 2 aromatic rings. The molecule has 2 rings (SSSR count). The molecule has 2 aromatic carbocycles. The predicted molar refractivity (Wildman–Crippen MR) is 83.1 cm³/mol. The van der Waals surface area contributed by atoms with Gasteiger partial charge >= 0.3 is 5.97 Å². The smallest absolute Gasteiger partial charge is 0.340 e. The van der Waals surface area contributed by atoms with Crippen molar-refractivity contribution in [1.29, 1.82) is 0 Å². The number of anilines is 3. The van der Waals surface area contributed by atoms with Gasteiger partial charge in [-0.2, -0.15) is 0 Å². The highest BCUT2D eigenvalue weighted by atomic mass is 16.5. The molecule has 0 aromatic heterocycles. The first-order chi connectivity index (χ1) is 10.2. The zero-order valence-corrected chi connectivity index (χ0v) is 12.1. The van der Waals surface area contributed by atoms with Crippen LogP contribution in [0.2, 0.25) is 0 Å². The predicted octanol–water partition coefficient (Wildman–Crippen LogP) is 3.20. The lowest BCUT2D eigenvalue weighted by atomic mass is 10.1. The fraction of sp³-hybridized carbons (Fsp3) is 0.188. The summed E-state index contributed by atoms with van der Waals surface area (Å²) in [5, 5.41) is 3.20. The Morgan fingerprint density at radius 2 is 2.00 bits per heavy atom. The fourth-order valence-corrected chi connectivity index (χ4v) is 1.92. The zero-order chi connectivity index (χ0) is 15.2. The molecule has 0 radical (unpaired) electrons. The first-order valence-corrected chi connectivity index (χ1v) is 6.62. The minimum Gasteiger partial charge on any atom is -0.495 e. The summed E-state index contributed by atoms with van der Waals surface area (Å²) in [6.07, 6.45) is 0. The molecule has 0 aliphatic rings. The molecule has 0 bridgehead atoms. The first-order valence-electron chi connectivity index (χ1n) is 6.62. The van der Waals surface area contributed by atoms with Crippen LogP contribution in [0, 0.1) is 0 Å².